The van der Waals surface area contributed by atoms with Gasteiger partial charge >= 0.3 is 12.0 Å². The largest absolute Gasteiger partial charge is 0.465 e. The summed E-state index contributed by atoms with van der Waals surface area (Å²) in [6, 6.07) is 14.1. The first-order chi connectivity index (χ1) is 12.9. The first-order valence-electron chi connectivity index (χ1n) is 8.90. The molecule has 1 atom stereocenters. The molecule has 27 heavy (non-hydrogen) atoms. The second-order valence-corrected chi connectivity index (χ2v) is 7.11. The third-order valence-corrected chi connectivity index (χ3v) is 5.21. The predicted molar refractivity (Wildman–Crippen MR) is 101 cm³/mol. The lowest BCUT2D eigenvalue weighted by Crippen LogP contribution is -2.54. The minimum atomic E-state index is -1.24. The molecule has 2 saturated heterocycles. The van der Waals surface area contributed by atoms with Gasteiger partial charge in [0.25, 0.3) is 5.91 Å². The Morgan fingerprint density at radius 3 is 1.96 bits per heavy atom. The van der Waals surface area contributed by atoms with Crippen LogP contribution in [0.1, 0.15) is 24.0 Å². The highest BCUT2D eigenvalue weighted by Crippen LogP contribution is 2.42. The number of hydrogen-bond donors (Lipinski definition) is 0. The fourth-order valence-corrected chi connectivity index (χ4v) is 3.73. The molecule has 0 aliphatic carbocycles. The molecule has 2 aromatic carbocycles. The van der Waals surface area contributed by atoms with Crippen LogP contribution in [-0.2, 0) is 14.3 Å². The van der Waals surface area contributed by atoms with E-state index in [1.54, 1.807) is 24.3 Å². The van der Waals surface area contributed by atoms with E-state index in [2.05, 4.69) is 0 Å². The van der Waals surface area contributed by atoms with E-state index in [-0.39, 0.29) is 25.4 Å². The minimum absolute atomic E-state index is 0.113. The van der Waals surface area contributed by atoms with Crippen LogP contribution in [0.3, 0.4) is 0 Å². The van der Waals surface area contributed by atoms with Gasteiger partial charge in [0.05, 0.1) is 18.7 Å². The van der Waals surface area contributed by atoms with Crippen LogP contribution in [0.15, 0.2) is 48.5 Å². The normalized spacial score (nSPS) is 22.5. The SMILES string of the molecule is Cc1ccc(N2C(=O)N(c3ccc(C)cc3)C3(CCOC(=O)C3)C2=O)cc1. The van der Waals surface area contributed by atoms with Gasteiger partial charge in [0.15, 0.2) is 0 Å². The van der Waals surface area contributed by atoms with E-state index in [0.29, 0.717) is 11.4 Å². The van der Waals surface area contributed by atoms with Gasteiger partial charge in [-0.3, -0.25) is 14.5 Å². The van der Waals surface area contributed by atoms with Crippen LogP contribution in [0.2, 0.25) is 0 Å². The summed E-state index contributed by atoms with van der Waals surface area (Å²) in [4.78, 5) is 41.5. The number of hydrogen-bond acceptors (Lipinski definition) is 4. The van der Waals surface area contributed by atoms with E-state index in [1.807, 2.05) is 38.1 Å². The molecule has 0 aromatic heterocycles. The molecule has 0 N–H and O–H groups in total. The Morgan fingerprint density at radius 1 is 0.852 bits per heavy atom. The van der Waals surface area contributed by atoms with Crippen molar-refractivity contribution in [2.24, 2.45) is 0 Å². The molecule has 2 aliphatic heterocycles. The molecule has 1 spiro atoms. The Labute approximate surface area is 157 Å². The maximum absolute atomic E-state index is 13.4. The molecule has 4 rings (SSSR count). The van der Waals surface area contributed by atoms with Crippen LogP contribution in [0, 0.1) is 13.8 Å². The van der Waals surface area contributed by atoms with E-state index < -0.39 is 17.5 Å². The second-order valence-electron chi connectivity index (χ2n) is 7.11. The molecule has 138 valence electrons. The highest BCUT2D eigenvalue weighted by molar-refractivity contribution is 6.31. The summed E-state index contributed by atoms with van der Waals surface area (Å²) in [7, 11) is 0. The maximum Gasteiger partial charge on any atom is 0.336 e. The van der Waals surface area contributed by atoms with Crippen molar-refractivity contribution in [3.05, 3.63) is 59.7 Å². The molecule has 2 aliphatic rings. The summed E-state index contributed by atoms with van der Waals surface area (Å²) < 4.78 is 5.06. The maximum atomic E-state index is 13.4. The van der Waals surface area contributed by atoms with Crippen LogP contribution >= 0.6 is 0 Å². The molecule has 0 bridgehead atoms. The fraction of sp³-hybridized carbons (Fsp3) is 0.286. The van der Waals surface area contributed by atoms with Gasteiger partial charge < -0.3 is 4.74 Å². The number of carbonyl (C=O) groups excluding carboxylic acids is 3. The van der Waals surface area contributed by atoms with Gasteiger partial charge in [-0.15, -0.1) is 0 Å². The number of benzene rings is 2. The number of urea groups is 1. The van der Waals surface area contributed by atoms with Gasteiger partial charge in [-0.25, -0.2) is 9.69 Å². The zero-order chi connectivity index (χ0) is 19.2. The molecule has 2 aromatic rings. The van der Waals surface area contributed by atoms with E-state index in [0.717, 1.165) is 11.1 Å². The van der Waals surface area contributed by atoms with E-state index in [9.17, 15) is 14.4 Å². The van der Waals surface area contributed by atoms with Crippen LogP contribution in [0.25, 0.3) is 0 Å². The van der Waals surface area contributed by atoms with Gasteiger partial charge in [0, 0.05) is 12.1 Å². The van der Waals surface area contributed by atoms with Crippen molar-refractivity contribution in [3.63, 3.8) is 0 Å². The molecule has 2 heterocycles. The number of anilines is 2. The molecular weight excluding hydrogens is 344 g/mol. The van der Waals surface area contributed by atoms with Gasteiger partial charge in [-0.2, -0.15) is 0 Å². The first kappa shape index (κ1) is 17.3. The van der Waals surface area contributed by atoms with Crippen molar-refractivity contribution in [2.45, 2.75) is 32.2 Å². The average molecular weight is 364 g/mol. The number of amides is 3. The van der Waals surface area contributed by atoms with Crippen molar-refractivity contribution in [2.75, 3.05) is 16.4 Å². The smallest absolute Gasteiger partial charge is 0.336 e. The van der Waals surface area contributed by atoms with Gasteiger partial charge in [0.2, 0.25) is 0 Å². The van der Waals surface area contributed by atoms with Crippen molar-refractivity contribution < 1.29 is 19.1 Å². The number of nitrogens with zero attached hydrogens (tertiary/aromatic N) is 2. The number of aryl methyl sites for hydroxylation is 2. The third-order valence-electron chi connectivity index (χ3n) is 5.21. The predicted octanol–water partition coefficient (Wildman–Crippen LogP) is 3.35. The summed E-state index contributed by atoms with van der Waals surface area (Å²) in [5, 5.41) is 0. The van der Waals surface area contributed by atoms with E-state index in [4.69, 9.17) is 4.74 Å². The summed E-state index contributed by atoms with van der Waals surface area (Å²) in [5.74, 6) is -0.848. The lowest BCUT2D eigenvalue weighted by Gasteiger charge is -2.37. The standard InChI is InChI=1S/C21H20N2O4/c1-14-3-7-16(8-4-14)22-19(25)21(11-12-27-18(24)13-21)23(20(22)26)17-9-5-15(2)6-10-17/h3-10H,11-13H2,1-2H3. The van der Waals surface area contributed by atoms with Crippen LogP contribution in [0.4, 0.5) is 16.2 Å². The Balaban J connectivity index is 1.85. The number of cyclic esters (lactones) is 1. The van der Waals surface area contributed by atoms with Crippen LogP contribution in [-0.4, -0.2) is 30.1 Å². The summed E-state index contributed by atoms with van der Waals surface area (Å²) in [5.41, 5.74) is 1.94. The monoisotopic (exact) mass is 364 g/mol. The number of esters is 1. The van der Waals surface area contributed by atoms with Crippen molar-refractivity contribution in [3.8, 4) is 0 Å². The Hall–Kier alpha value is -3.15. The Bertz CT molecular complexity index is 920. The van der Waals surface area contributed by atoms with Crippen molar-refractivity contribution in [1.29, 1.82) is 0 Å². The number of rotatable bonds is 2. The van der Waals surface area contributed by atoms with Crippen LogP contribution in [0.5, 0.6) is 0 Å². The van der Waals surface area contributed by atoms with E-state index >= 15 is 0 Å². The third kappa shape index (κ3) is 2.68. The highest BCUT2D eigenvalue weighted by atomic mass is 16.5. The molecule has 2 fully saturated rings. The topological polar surface area (TPSA) is 66.9 Å². The Kier molecular flexibility index (Phi) is 3.98. The molecular formula is C21H20N2O4. The zero-order valence-electron chi connectivity index (χ0n) is 15.3. The van der Waals surface area contributed by atoms with Crippen LogP contribution < -0.4 is 9.80 Å². The van der Waals surface area contributed by atoms with Crippen molar-refractivity contribution in [1.82, 2.24) is 0 Å². The Morgan fingerprint density at radius 2 is 1.41 bits per heavy atom. The summed E-state index contributed by atoms with van der Waals surface area (Å²) in [6.07, 6.45) is 0.132. The number of ether oxygens (including phenoxy) is 1. The molecule has 3 amide bonds. The quantitative estimate of drug-likeness (QED) is 0.605. The van der Waals surface area contributed by atoms with Crippen molar-refractivity contribution >= 4 is 29.3 Å². The lowest BCUT2D eigenvalue weighted by molar-refractivity contribution is -0.152. The second kappa shape index (κ2) is 6.23. The number of carbonyl (C=O) groups is 3. The molecule has 0 radical (unpaired) electrons. The summed E-state index contributed by atoms with van der Waals surface area (Å²) >= 11 is 0. The minimum Gasteiger partial charge on any atom is -0.465 e. The van der Waals surface area contributed by atoms with Gasteiger partial charge in [0.1, 0.15) is 5.54 Å². The molecule has 6 heteroatoms. The van der Waals surface area contributed by atoms with E-state index in [1.165, 1.54) is 9.80 Å². The number of imide groups is 1. The highest BCUT2D eigenvalue weighted by Gasteiger charge is 2.60. The van der Waals surface area contributed by atoms with Gasteiger partial charge in [-0.05, 0) is 38.1 Å². The molecule has 1 unspecified atom stereocenters. The summed E-state index contributed by atoms with van der Waals surface area (Å²) in [6.45, 7) is 4.00. The fourth-order valence-electron chi connectivity index (χ4n) is 3.73. The first-order valence-corrected chi connectivity index (χ1v) is 8.90. The molecule has 0 saturated carbocycles. The van der Waals surface area contributed by atoms with Gasteiger partial charge in [-0.1, -0.05) is 35.4 Å². The lowest BCUT2D eigenvalue weighted by atomic mass is 9.87. The molecule has 6 nitrogen and oxygen atoms in total. The zero-order valence-corrected chi connectivity index (χ0v) is 15.3. The average Bonchev–Trinajstić information content (AvgIpc) is 2.84.